The van der Waals surface area contributed by atoms with E-state index in [1.807, 2.05) is 0 Å². The second-order valence-corrected chi connectivity index (χ2v) is 5.25. The molecule has 5 heteroatoms. The highest BCUT2D eigenvalue weighted by atomic mass is 16.4. The summed E-state index contributed by atoms with van der Waals surface area (Å²) in [6, 6.07) is -0.532. The first kappa shape index (κ1) is 16.7. The first-order chi connectivity index (χ1) is 9.74. The van der Waals surface area contributed by atoms with E-state index in [0.29, 0.717) is 6.42 Å². The Labute approximate surface area is 121 Å². The minimum Gasteiger partial charge on any atom is -0.480 e. The van der Waals surface area contributed by atoms with E-state index in [2.05, 4.69) is 22.2 Å². The Morgan fingerprint density at radius 3 is 2.60 bits per heavy atom. The van der Waals surface area contributed by atoms with Crippen LogP contribution < -0.4 is 5.32 Å². The van der Waals surface area contributed by atoms with E-state index in [4.69, 9.17) is 0 Å². The first-order valence-corrected chi connectivity index (χ1v) is 7.67. The molecule has 1 aromatic rings. The summed E-state index contributed by atoms with van der Waals surface area (Å²) in [5, 5.41) is 12.3. The number of H-pyrrole nitrogens is 1. The number of carboxylic acids is 1. The summed E-state index contributed by atoms with van der Waals surface area (Å²) in [6.45, 7) is 2.98. The lowest BCUT2D eigenvalue weighted by Gasteiger charge is -2.13. The third kappa shape index (κ3) is 7.28. The Morgan fingerprint density at radius 2 is 2.00 bits per heavy atom. The molecule has 0 radical (unpaired) electrons. The van der Waals surface area contributed by atoms with Gasteiger partial charge in [0.15, 0.2) is 0 Å². The van der Waals surface area contributed by atoms with Gasteiger partial charge in [0.05, 0.1) is 6.33 Å². The van der Waals surface area contributed by atoms with Crippen LogP contribution in [0, 0.1) is 0 Å². The monoisotopic (exact) mass is 281 g/mol. The molecule has 0 bridgehead atoms. The van der Waals surface area contributed by atoms with Gasteiger partial charge in [0.2, 0.25) is 0 Å². The Morgan fingerprint density at radius 1 is 1.30 bits per heavy atom. The predicted molar refractivity (Wildman–Crippen MR) is 79.7 cm³/mol. The third-order valence-electron chi connectivity index (χ3n) is 3.45. The average molecular weight is 281 g/mol. The first-order valence-electron chi connectivity index (χ1n) is 7.67. The standard InChI is InChI=1S/C15H27N3O2/c1-2-3-4-5-6-7-8-9-17-14(15(19)20)10-13-11-16-12-18-13/h11-12,14,17H,2-10H2,1H3,(H,16,18)(H,19,20)/t14-/m0/s1. The smallest absolute Gasteiger partial charge is 0.321 e. The highest BCUT2D eigenvalue weighted by molar-refractivity contribution is 5.73. The summed E-state index contributed by atoms with van der Waals surface area (Å²) in [7, 11) is 0. The van der Waals surface area contributed by atoms with E-state index in [1.165, 1.54) is 38.5 Å². The van der Waals surface area contributed by atoms with Crippen LogP contribution in [-0.2, 0) is 11.2 Å². The molecule has 1 rings (SSSR count). The number of rotatable bonds is 12. The molecule has 1 aromatic heterocycles. The fourth-order valence-corrected chi connectivity index (χ4v) is 2.22. The summed E-state index contributed by atoms with van der Waals surface area (Å²) in [5.41, 5.74) is 0.851. The topological polar surface area (TPSA) is 78.0 Å². The average Bonchev–Trinajstić information content (AvgIpc) is 2.93. The molecular formula is C15H27N3O2. The minimum absolute atomic E-state index is 0.450. The Bertz CT molecular complexity index is 352. The van der Waals surface area contributed by atoms with Crippen molar-refractivity contribution in [2.24, 2.45) is 0 Å². The number of imidazole rings is 1. The molecule has 0 spiro atoms. The van der Waals surface area contributed by atoms with Crippen molar-refractivity contribution >= 4 is 5.97 Å². The Balaban J connectivity index is 2.09. The third-order valence-corrected chi connectivity index (χ3v) is 3.45. The number of carboxylic acid groups (broad SMARTS) is 1. The number of nitrogens with one attached hydrogen (secondary N) is 2. The normalized spacial score (nSPS) is 12.4. The second kappa shape index (κ2) is 10.4. The summed E-state index contributed by atoms with van der Waals surface area (Å²) in [4.78, 5) is 18.0. The lowest BCUT2D eigenvalue weighted by molar-refractivity contribution is -0.139. The summed E-state index contributed by atoms with van der Waals surface area (Å²) in [5.74, 6) is -0.803. The molecule has 0 aromatic carbocycles. The van der Waals surface area contributed by atoms with Gasteiger partial charge < -0.3 is 15.4 Å². The molecule has 0 unspecified atom stereocenters. The minimum atomic E-state index is -0.803. The second-order valence-electron chi connectivity index (χ2n) is 5.25. The van der Waals surface area contributed by atoms with Gasteiger partial charge in [-0.05, 0) is 13.0 Å². The van der Waals surface area contributed by atoms with Crippen LogP contribution in [0.2, 0.25) is 0 Å². The fourth-order valence-electron chi connectivity index (χ4n) is 2.22. The molecule has 0 saturated heterocycles. The molecule has 0 aliphatic rings. The van der Waals surface area contributed by atoms with Crippen molar-refractivity contribution in [2.45, 2.75) is 64.3 Å². The predicted octanol–water partition coefficient (Wildman–Crippen LogP) is 2.75. The molecule has 5 nitrogen and oxygen atoms in total. The van der Waals surface area contributed by atoms with Crippen molar-refractivity contribution in [3.8, 4) is 0 Å². The van der Waals surface area contributed by atoms with E-state index in [0.717, 1.165) is 18.7 Å². The number of carbonyl (C=O) groups is 1. The SMILES string of the molecule is CCCCCCCCCN[C@@H](Cc1cnc[nH]1)C(=O)O. The number of aromatic amines is 1. The highest BCUT2D eigenvalue weighted by Crippen LogP contribution is 2.06. The van der Waals surface area contributed by atoms with Crippen LogP contribution in [0.15, 0.2) is 12.5 Å². The maximum atomic E-state index is 11.2. The van der Waals surface area contributed by atoms with Crippen LogP contribution in [0.1, 0.15) is 57.6 Å². The number of aliphatic carboxylic acids is 1. The van der Waals surface area contributed by atoms with Crippen molar-refractivity contribution in [2.75, 3.05) is 6.54 Å². The Kier molecular flexibility index (Phi) is 8.71. The van der Waals surface area contributed by atoms with Gasteiger partial charge in [-0.15, -0.1) is 0 Å². The zero-order valence-corrected chi connectivity index (χ0v) is 12.4. The van der Waals surface area contributed by atoms with Crippen molar-refractivity contribution in [1.29, 1.82) is 0 Å². The summed E-state index contributed by atoms with van der Waals surface area (Å²) in [6.07, 6.45) is 12.4. The van der Waals surface area contributed by atoms with Crippen LogP contribution in [-0.4, -0.2) is 33.6 Å². The molecule has 1 heterocycles. The van der Waals surface area contributed by atoms with Gasteiger partial charge in [-0.2, -0.15) is 0 Å². The fraction of sp³-hybridized carbons (Fsp3) is 0.733. The molecule has 0 aliphatic heterocycles. The number of hydrogen-bond acceptors (Lipinski definition) is 3. The van der Waals surface area contributed by atoms with Crippen LogP contribution in [0.3, 0.4) is 0 Å². The molecule has 0 fully saturated rings. The van der Waals surface area contributed by atoms with Gasteiger partial charge >= 0.3 is 5.97 Å². The molecule has 114 valence electrons. The van der Waals surface area contributed by atoms with Gasteiger partial charge in [-0.3, -0.25) is 4.79 Å². The van der Waals surface area contributed by atoms with E-state index in [-0.39, 0.29) is 0 Å². The van der Waals surface area contributed by atoms with Crippen LogP contribution in [0.5, 0.6) is 0 Å². The molecule has 0 amide bonds. The molecule has 0 saturated carbocycles. The van der Waals surface area contributed by atoms with Gasteiger partial charge in [0, 0.05) is 18.3 Å². The highest BCUT2D eigenvalue weighted by Gasteiger charge is 2.17. The van der Waals surface area contributed by atoms with Crippen molar-refractivity contribution in [3.63, 3.8) is 0 Å². The quantitative estimate of drug-likeness (QED) is 0.515. The lowest BCUT2D eigenvalue weighted by Crippen LogP contribution is -2.39. The van der Waals surface area contributed by atoms with Gasteiger partial charge in [-0.25, -0.2) is 4.98 Å². The number of unbranched alkanes of at least 4 members (excludes halogenated alkanes) is 6. The summed E-state index contributed by atoms with van der Waals surface area (Å²) >= 11 is 0. The van der Waals surface area contributed by atoms with Crippen molar-refractivity contribution in [1.82, 2.24) is 15.3 Å². The summed E-state index contributed by atoms with van der Waals surface area (Å²) < 4.78 is 0. The van der Waals surface area contributed by atoms with Gasteiger partial charge in [0.1, 0.15) is 6.04 Å². The number of aromatic nitrogens is 2. The zero-order valence-electron chi connectivity index (χ0n) is 12.4. The molecule has 0 aliphatic carbocycles. The molecule has 1 atom stereocenters. The maximum Gasteiger partial charge on any atom is 0.321 e. The lowest BCUT2D eigenvalue weighted by atomic mass is 10.1. The van der Waals surface area contributed by atoms with Crippen molar-refractivity contribution < 1.29 is 9.90 Å². The van der Waals surface area contributed by atoms with Crippen LogP contribution >= 0.6 is 0 Å². The maximum absolute atomic E-state index is 11.2. The Hall–Kier alpha value is -1.36. The zero-order chi connectivity index (χ0) is 14.6. The van der Waals surface area contributed by atoms with Gasteiger partial charge in [0.25, 0.3) is 0 Å². The molecule has 20 heavy (non-hydrogen) atoms. The van der Waals surface area contributed by atoms with Crippen molar-refractivity contribution in [3.05, 3.63) is 18.2 Å². The van der Waals surface area contributed by atoms with E-state index < -0.39 is 12.0 Å². The number of nitrogens with zero attached hydrogens (tertiary/aromatic N) is 1. The van der Waals surface area contributed by atoms with E-state index in [1.54, 1.807) is 12.5 Å². The molecular weight excluding hydrogens is 254 g/mol. The van der Waals surface area contributed by atoms with Gasteiger partial charge in [-0.1, -0.05) is 45.4 Å². The largest absolute Gasteiger partial charge is 0.480 e. The van der Waals surface area contributed by atoms with Crippen LogP contribution in [0.25, 0.3) is 0 Å². The van der Waals surface area contributed by atoms with E-state index >= 15 is 0 Å². The van der Waals surface area contributed by atoms with Crippen LogP contribution in [0.4, 0.5) is 0 Å². The van der Waals surface area contributed by atoms with E-state index in [9.17, 15) is 9.90 Å². The number of hydrogen-bond donors (Lipinski definition) is 3. The molecule has 3 N–H and O–H groups in total.